The van der Waals surface area contributed by atoms with Crippen LogP contribution in [0.25, 0.3) is 0 Å². The molecule has 0 fully saturated rings. The first-order valence-corrected chi connectivity index (χ1v) is 7.26. The molecular formula is C15H15FN2O2S. The minimum absolute atomic E-state index is 0.0335. The molecule has 0 unspecified atom stereocenters. The Morgan fingerprint density at radius 3 is 2.81 bits per heavy atom. The monoisotopic (exact) mass is 306 g/mol. The Balaban J connectivity index is 2.09. The summed E-state index contributed by atoms with van der Waals surface area (Å²) in [5.74, 6) is -0.575. The van der Waals surface area contributed by atoms with Gasteiger partial charge in [-0.05, 0) is 30.3 Å². The average molecular weight is 306 g/mol. The van der Waals surface area contributed by atoms with Crippen molar-refractivity contribution in [2.45, 2.75) is 11.4 Å². The molecular weight excluding hydrogens is 291 g/mol. The smallest absolute Gasteiger partial charge is 0.227 e. The molecule has 0 heterocycles. The molecule has 0 atom stereocenters. The fourth-order valence-corrected chi connectivity index (χ4v) is 2.54. The molecule has 1 amide bonds. The van der Waals surface area contributed by atoms with Crippen molar-refractivity contribution in [2.24, 2.45) is 5.73 Å². The molecule has 0 aliphatic rings. The van der Waals surface area contributed by atoms with Crippen LogP contribution in [0.4, 0.5) is 10.1 Å². The van der Waals surface area contributed by atoms with E-state index < -0.39 is 11.7 Å². The Morgan fingerprint density at radius 1 is 1.29 bits per heavy atom. The lowest BCUT2D eigenvalue weighted by molar-refractivity contribution is -0.115. The van der Waals surface area contributed by atoms with Gasteiger partial charge in [-0.2, -0.15) is 0 Å². The molecule has 2 aromatic rings. The number of aromatic hydroxyl groups is 1. The number of phenols is 1. The van der Waals surface area contributed by atoms with Gasteiger partial charge in [0.05, 0.1) is 5.75 Å². The normalized spacial score (nSPS) is 10.3. The number of hydrogen-bond donors (Lipinski definition) is 3. The van der Waals surface area contributed by atoms with E-state index in [0.717, 1.165) is 10.6 Å². The van der Waals surface area contributed by atoms with Crippen molar-refractivity contribution in [1.82, 2.24) is 0 Å². The van der Waals surface area contributed by atoms with E-state index in [1.54, 1.807) is 0 Å². The number of primary amides is 1. The van der Waals surface area contributed by atoms with Crippen LogP contribution in [0.3, 0.4) is 0 Å². The number of anilines is 1. The number of amides is 1. The third kappa shape index (κ3) is 4.39. The van der Waals surface area contributed by atoms with Gasteiger partial charge in [0.2, 0.25) is 5.91 Å². The van der Waals surface area contributed by atoms with E-state index in [1.807, 2.05) is 24.3 Å². The SMILES string of the molecule is NC(=O)CSc1ccccc1NCc1cc(F)ccc1O. The van der Waals surface area contributed by atoms with E-state index in [-0.39, 0.29) is 18.0 Å². The summed E-state index contributed by atoms with van der Waals surface area (Å²) in [5.41, 5.74) is 6.40. The Hall–Kier alpha value is -2.21. The largest absolute Gasteiger partial charge is 0.508 e. The number of rotatable bonds is 6. The summed E-state index contributed by atoms with van der Waals surface area (Å²) in [5, 5.41) is 12.8. The van der Waals surface area contributed by atoms with E-state index in [4.69, 9.17) is 5.73 Å². The van der Waals surface area contributed by atoms with E-state index in [2.05, 4.69) is 5.32 Å². The summed E-state index contributed by atoms with van der Waals surface area (Å²) < 4.78 is 13.2. The van der Waals surface area contributed by atoms with Crippen LogP contribution >= 0.6 is 11.8 Å². The van der Waals surface area contributed by atoms with Crippen LogP contribution in [0, 0.1) is 5.82 Å². The molecule has 110 valence electrons. The molecule has 4 N–H and O–H groups in total. The number of benzene rings is 2. The summed E-state index contributed by atoms with van der Waals surface area (Å²) >= 11 is 1.32. The Bertz CT molecular complexity index is 649. The highest BCUT2D eigenvalue weighted by molar-refractivity contribution is 8.00. The summed E-state index contributed by atoms with van der Waals surface area (Å²) in [6.45, 7) is 0.276. The third-order valence-electron chi connectivity index (χ3n) is 2.77. The number of thioether (sulfide) groups is 1. The molecule has 0 aliphatic heterocycles. The first kappa shape index (κ1) is 15.2. The van der Waals surface area contributed by atoms with Crippen molar-refractivity contribution in [2.75, 3.05) is 11.1 Å². The highest BCUT2D eigenvalue weighted by Gasteiger charge is 2.06. The average Bonchev–Trinajstić information content (AvgIpc) is 2.47. The standard InChI is InChI=1S/C15H15FN2O2S/c16-11-5-6-13(19)10(7-11)8-18-12-3-1-2-4-14(12)21-9-15(17)20/h1-7,18-19H,8-9H2,(H2,17,20). The van der Waals surface area contributed by atoms with Crippen molar-refractivity contribution in [3.63, 3.8) is 0 Å². The van der Waals surface area contributed by atoms with Crippen LogP contribution in [-0.4, -0.2) is 16.8 Å². The van der Waals surface area contributed by atoms with Crippen molar-refractivity contribution in [3.05, 3.63) is 53.8 Å². The van der Waals surface area contributed by atoms with E-state index in [9.17, 15) is 14.3 Å². The van der Waals surface area contributed by atoms with Gasteiger partial charge in [-0.1, -0.05) is 12.1 Å². The lowest BCUT2D eigenvalue weighted by atomic mass is 10.2. The van der Waals surface area contributed by atoms with Crippen LogP contribution in [0.2, 0.25) is 0 Å². The van der Waals surface area contributed by atoms with Gasteiger partial charge in [0.15, 0.2) is 0 Å². The maximum Gasteiger partial charge on any atom is 0.227 e. The number of carbonyl (C=O) groups excluding carboxylic acids is 1. The van der Waals surface area contributed by atoms with Crippen LogP contribution in [0.1, 0.15) is 5.56 Å². The Kier molecular flexibility index (Phi) is 5.05. The number of nitrogens with one attached hydrogen (secondary N) is 1. The van der Waals surface area contributed by atoms with Gasteiger partial charge in [-0.25, -0.2) is 4.39 Å². The van der Waals surface area contributed by atoms with E-state index >= 15 is 0 Å². The van der Waals surface area contributed by atoms with Crippen molar-refractivity contribution in [3.8, 4) is 5.75 Å². The zero-order chi connectivity index (χ0) is 15.2. The quantitative estimate of drug-likeness (QED) is 0.717. The van der Waals surface area contributed by atoms with Gasteiger partial charge >= 0.3 is 0 Å². The summed E-state index contributed by atoms with van der Waals surface area (Å²) in [4.78, 5) is 11.7. The van der Waals surface area contributed by atoms with Gasteiger partial charge in [0.25, 0.3) is 0 Å². The molecule has 0 bridgehead atoms. The predicted molar refractivity (Wildman–Crippen MR) is 81.8 cm³/mol. The minimum Gasteiger partial charge on any atom is -0.508 e. The van der Waals surface area contributed by atoms with Crippen LogP contribution in [0.5, 0.6) is 5.75 Å². The molecule has 0 radical (unpaired) electrons. The number of para-hydroxylation sites is 1. The van der Waals surface area contributed by atoms with Crippen LogP contribution in [-0.2, 0) is 11.3 Å². The van der Waals surface area contributed by atoms with Crippen molar-refractivity contribution >= 4 is 23.4 Å². The summed E-state index contributed by atoms with van der Waals surface area (Å²) in [6, 6.07) is 11.2. The first-order valence-electron chi connectivity index (χ1n) is 6.27. The van der Waals surface area contributed by atoms with Gasteiger partial charge in [-0.15, -0.1) is 11.8 Å². The number of halogens is 1. The molecule has 4 nitrogen and oxygen atoms in total. The van der Waals surface area contributed by atoms with Gasteiger partial charge in [0, 0.05) is 22.7 Å². The highest BCUT2D eigenvalue weighted by Crippen LogP contribution is 2.28. The third-order valence-corrected chi connectivity index (χ3v) is 3.86. The topological polar surface area (TPSA) is 75.4 Å². The van der Waals surface area contributed by atoms with Crippen molar-refractivity contribution < 1.29 is 14.3 Å². The molecule has 0 spiro atoms. The highest BCUT2D eigenvalue weighted by atomic mass is 32.2. The lowest BCUT2D eigenvalue weighted by Crippen LogP contribution is -2.13. The number of hydrogen-bond acceptors (Lipinski definition) is 4. The number of carbonyl (C=O) groups is 1. The zero-order valence-electron chi connectivity index (χ0n) is 11.2. The second-order valence-corrected chi connectivity index (χ2v) is 5.39. The second-order valence-electron chi connectivity index (χ2n) is 4.38. The molecule has 0 saturated carbocycles. The van der Waals surface area contributed by atoms with Crippen molar-refractivity contribution in [1.29, 1.82) is 0 Å². The minimum atomic E-state index is -0.402. The molecule has 0 aliphatic carbocycles. The Labute approximate surface area is 126 Å². The second kappa shape index (κ2) is 6.99. The van der Waals surface area contributed by atoms with Gasteiger partial charge in [-0.3, -0.25) is 4.79 Å². The molecule has 21 heavy (non-hydrogen) atoms. The summed E-state index contributed by atoms with van der Waals surface area (Å²) in [7, 11) is 0. The predicted octanol–water partition coefficient (Wildman–Crippen LogP) is 2.72. The summed E-state index contributed by atoms with van der Waals surface area (Å²) in [6.07, 6.45) is 0. The fraction of sp³-hybridized carbons (Fsp3) is 0.133. The fourth-order valence-electron chi connectivity index (χ4n) is 1.77. The van der Waals surface area contributed by atoms with Crippen LogP contribution in [0.15, 0.2) is 47.4 Å². The number of phenolic OH excluding ortho intramolecular Hbond substituents is 1. The molecule has 2 aromatic carbocycles. The molecule has 6 heteroatoms. The van der Waals surface area contributed by atoms with Crippen LogP contribution < -0.4 is 11.1 Å². The van der Waals surface area contributed by atoms with Gasteiger partial charge in [0.1, 0.15) is 11.6 Å². The lowest BCUT2D eigenvalue weighted by Gasteiger charge is -2.12. The zero-order valence-corrected chi connectivity index (χ0v) is 12.0. The first-order chi connectivity index (χ1) is 10.1. The maximum absolute atomic E-state index is 13.2. The molecule has 2 rings (SSSR count). The van der Waals surface area contributed by atoms with E-state index in [1.165, 1.54) is 30.0 Å². The maximum atomic E-state index is 13.2. The number of nitrogens with two attached hydrogens (primary N) is 1. The van der Waals surface area contributed by atoms with Gasteiger partial charge < -0.3 is 16.2 Å². The van der Waals surface area contributed by atoms with E-state index in [0.29, 0.717) is 5.56 Å². The molecule has 0 saturated heterocycles. The Morgan fingerprint density at radius 2 is 2.05 bits per heavy atom. The molecule has 0 aromatic heterocycles.